The Morgan fingerprint density at radius 1 is 1.26 bits per heavy atom. The lowest BCUT2D eigenvalue weighted by atomic mass is 9.92. The maximum Gasteiger partial charge on any atom is 0.310 e. The minimum atomic E-state index is -1.18. The minimum absolute atomic E-state index is 0.0178. The van der Waals surface area contributed by atoms with Gasteiger partial charge in [-0.1, -0.05) is 0 Å². The van der Waals surface area contributed by atoms with Crippen LogP contribution in [0.1, 0.15) is 37.7 Å². The average molecular weight is 475 g/mol. The third-order valence-corrected chi connectivity index (χ3v) is 5.78. The second-order valence-corrected chi connectivity index (χ2v) is 8.11. The second kappa shape index (κ2) is 9.57. The number of aromatic amines is 1. The van der Waals surface area contributed by atoms with Crippen LogP contribution < -0.4 is 21.1 Å². The van der Waals surface area contributed by atoms with Crippen molar-refractivity contribution in [2.24, 2.45) is 5.92 Å². The zero-order valence-electron chi connectivity index (χ0n) is 18.3. The van der Waals surface area contributed by atoms with Gasteiger partial charge in [0.1, 0.15) is 5.82 Å². The van der Waals surface area contributed by atoms with Gasteiger partial charge in [0, 0.05) is 31.3 Å². The molecule has 2 aliphatic heterocycles. The topological polar surface area (TPSA) is 133 Å². The van der Waals surface area contributed by atoms with Crippen molar-refractivity contribution in [3.05, 3.63) is 45.8 Å². The Bertz CT molecular complexity index is 1200. The molecule has 4 rings (SSSR count). The number of hydrogen-bond acceptors (Lipinski definition) is 7. The minimum Gasteiger partial charge on any atom is -0.466 e. The maximum absolute atomic E-state index is 13.5. The zero-order chi connectivity index (χ0) is 24.4. The van der Waals surface area contributed by atoms with Crippen LogP contribution in [0.3, 0.4) is 0 Å². The summed E-state index contributed by atoms with van der Waals surface area (Å²) < 4.78 is 31.7. The molecule has 12 heteroatoms. The smallest absolute Gasteiger partial charge is 0.310 e. The van der Waals surface area contributed by atoms with Gasteiger partial charge in [0.2, 0.25) is 17.8 Å². The Balaban J connectivity index is 1.59. The summed E-state index contributed by atoms with van der Waals surface area (Å²) in [4.78, 5) is 58.9. The number of hydrogen-bond donors (Lipinski definition) is 3. The van der Waals surface area contributed by atoms with Gasteiger partial charge in [-0.3, -0.25) is 24.2 Å². The third kappa shape index (κ3) is 4.75. The van der Waals surface area contributed by atoms with Crippen LogP contribution in [0.4, 0.5) is 26.2 Å². The molecule has 3 heterocycles. The quantitative estimate of drug-likeness (QED) is 0.563. The number of rotatable bonds is 5. The number of piperidine rings is 1. The second-order valence-electron chi connectivity index (χ2n) is 8.11. The molecule has 0 bridgehead atoms. The Labute approximate surface area is 192 Å². The van der Waals surface area contributed by atoms with Crippen molar-refractivity contribution in [3.8, 4) is 0 Å². The lowest BCUT2D eigenvalue weighted by Crippen LogP contribution is -2.42. The van der Waals surface area contributed by atoms with E-state index in [1.165, 1.54) is 6.07 Å². The molecular formula is C22H23F2N5O5. The average Bonchev–Trinajstić information content (AvgIpc) is 2.80. The van der Waals surface area contributed by atoms with Gasteiger partial charge in [-0.25, -0.2) is 8.78 Å². The molecule has 180 valence electrons. The Kier molecular flexibility index (Phi) is 6.57. The highest BCUT2D eigenvalue weighted by Gasteiger charge is 2.36. The number of anilines is 3. The molecule has 0 spiro atoms. The van der Waals surface area contributed by atoms with E-state index in [9.17, 15) is 28.0 Å². The zero-order valence-corrected chi connectivity index (χ0v) is 18.3. The van der Waals surface area contributed by atoms with Gasteiger partial charge in [-0.15, -0.1) is 0 Å². The van der Waals surface area contributed by atoms with E-state index in [1.807, 2.05) is 0 Å². The molecule has 2 aliphatic rings. The van der Waals surface area contributed by atoms with Crippen molar-refractivity contribution in [1.29, 1.82) is 0 Å². The van der Waals surface area contributed by atoms with E-state index in [4.69, 9.17) is 4.74 Å². The van der Waals surface area contributed by atoms with E-state index in [1.54, 1.807) is 11.8 Å². The maximum atomic E-state index is 13.5. The fraction of sp³-hybridized carbons (Fsp3) is 0.409. The summed E-state index contributed by atoms with van der Waals surface area (Å²) in [7, 11) is 0. The fourth-order valence-corrected chi connectivity index (χ4v) is 4.16. The van der Waals surface area contributed by atoms with Crippen molar-refractivity contribution in [1.82, 2.24) is 9.97 Å². The van der Waals surface area contributed by atoms with Crippen LogP contribution in [0.15, 0.2) is 23.0 Å². The molecule has 1 fully saturated rings. The monoisotopic (exact) mass is 475 g/mol. The van der Waals surface area contributed by atoms with E-state index in [-0.39, 0.29) is 54.5 Å². The lowest BCUT2D eigenvalue weighted by molar-refractivity contribution is -0.148. The highest BCUT2D eigenvalue weighted by molar-refractivity contribution is 6.04. The molecule has 0 radical (unpaired) electrons. The molecule has 34 heavy (non-hydrogen) atoms. The van der Waals surface area contributed by atoms with Crippen molar-refractivity contribution < 1.29 is 27.9 Å². The summed E-state index contributed by atoms with van der Waals surface area (Å²) in [5.74, 6) is -5.25. The predicted octanol–water partition coefficient (Wildman–Crippen LogP) is 1.89. The highest BCUT2D eigenvalue weighted by atomic mass is 19.2. The Morgan fingerprint density at radius 3 is 2.79 bits per heavy atom. The molecule has 10 nitrogen and oxygen atoms in total. The van der Waals surface area contributed by atoms with Gasteiger partial charge >= 0.3 is 5.97 Å². The van der Waals surface area contributed by atoms with E-state index >= 15 is 0 Å². The van der Waals surface area contributed by atoms with Gasteiger partial charge < -0.3 is 20.3 Å². The Morgan fingerprint density at radius 2 is 2.06 bits per heavy atom. The summed E-state index contributed by atoms with van der Waals surface area (Å²) in [6.07, 6.45) is 1.00. The molecule has 1 saturated heterocycles. The standard InChI is InChI=1S/C22H23F2N5O5/c1-2-34-21(33)11-4-3-7-29(10-11)22-27-18-17(20(32)28-22)13(9-16(30)26-18)19(31)25-12-5-6-14(23)15(24)8-12/h5-6,8,11,13H,2-4,7,9-10H2,1H3,(H,25,31)(H2,26,27,28,30,32)/t11-,13+/m0/s1. The van der Waals surface area contributed by atoms with Gasteiger partial charge in [-0.05, 0) is 31.9 Å². The van der Waals surface area contributed by atoms with Gasteiger partial charge in [0.05, 0.1) is 24.0 Å². The molecule has 0 unspecified atom stereocenters. The first-order valence-electron chi connectivity index (χ1n) is 10.9. The first kappa shape index (κ1) is 23.3. The normalized spacial score (nSPS) is 19.7. The summed E-state index contributed by atoms with van der Waals surface area (Å²) in [5, 5.41) is 4.93. The first-order chi connectivity index (χ1) is 16.3. The van der Waals surface area contributed by atoms with E-state index in [0.717, 1.165) is 12.1 Å². The molecule has 0 saturated carbocycles. The van der Waals surface area contributed by atoms with Crippen molar-refractivity contribution >= 4 is 35.2 Å². The number of amides is 2. The van der Waals surface area contributed by atoms with Gasteiger partial charge in [0.15, 0.2) is 11.6 Å². The SMILES string of the molecule is CCOC(=O)[C@H]1CCCN(c2nc3c(c(=O)[nH]2)[C@H](C(=O)Nc2ccc(F)c(F)c2)CC(=O)N3)C1. The Hall–Kier alpha value is -3.83. The van der Waals surface area contributed by atoms with E-state index < -0.39 is 34.9 Å². The summed E-state index contributed by atoms with van der Waals surface area (Å²) in [6.45, 7) is 2.81. The van der Waals surface area contributed by atoms with Gasteiger partial charge in [-0.2, -0.15) is 4.98 Å². The predicted molar refractivity (Wildman–Crippen MR) is 117 cm³/mol. The van der Waals surface area contributed by atoms with Crippen LogP contribution in [0.5, 0.6) is 0 Å². The number of H-pyrrole nitrogens is 1. The third-order valence-electron chi connectivity index (χ3n) is 5.78. The molecule has 2 aromatic rings. The molecule has 2 atom stereocenters. The number of benzene rings is 1. The summed E-state index contributed by atoms with van der Waals surface area (Å²) >= 11 is 0. The number of ether oxygens (including phenoxy) is 1. The molecule has 0 aliphatic carbocycles. The molecular weight excluding hydrogens is 452 g/mol. The number of aromatic nitrogens is 2. The summed E-state index contributed by atoms with van der Waals surface area (Å²) in [5.41, 5.74) is -0.679. The fourth-order valence-electron chi connectivity index (χ4n) is 4.16. The number of halogens is 2. The van der Waals surface area contributed by atoms with Crippen LogP contribution in [0.25, 0.3) is 0 Å². The van der Waals surface area contributed by atoms with E-state index in [0.29, 0.717) is 19.4 Å². The molecule has 1 aromatic heterocycles. The molecule has 3 N–H and O–H groups in total. The van der Waals surface area contributed by atoms with Crippen LogP contribution in [0.2, 0.25) is 0 Å². The van der Waals surface area contributed by atoms with Crippen molar-refractivity contribution in [2.75, 3.05) is 35.2 Å². The highest BCUT2D eigenvalue weighted by Crippen LogP contribution is 2.31. The molecule has 1 aromatic carbocycles. The lowest BCUT2D eigenvalue weighted by Gasteiger charge is -2.32. The number of carbonyl (C=O) groups is 3. The van der Waals surface area contributed by atoms with Crippen molar-refractivity contribution in [2.45, 2.75) is 32.1 Å². The first-order valence-corrected chi connectivity index (χ1v) is 10.9. The number of esters is 1. The molecule has 2 amide bonds. The number of fused-ring (bicyclic) bond motifs is 1. The van der Waals surface area contributed by atoms with Crippen LogP contribution >= 0.6 is 0 Å². The number of carbonyl (C=O) groups excluding carboxylic acids is 3. The summed E-state index contributed by atoms with van der Waals surface area (Å²) in [6, 6.07) is 2.83. The number of nitrogens with one attached hydrogen (secondary N) is 3. The van der Waals surface area contributed by atoms with Crippen LogP contribution in [0, 0.1) is 17.6 Å². The van der Waals surface area contributed by atoms with Crippen molar-refractivity contribution in [3.63, 3.8) is 0 Å². The van der Waals surface area contributed by atoms with Gasteiger partial charge in [0.25, 0.3) is 5.56 Å². The van der Waals surface area contributed by atoms with E-state index in [2.05, 4.69) is 20.6 Å². The number of nitrogens with zero attached hydrogens (tertiary/aromatic N) is 2. The van der Waals surface area contributed by atoms with Crippen LogP contribution in [-0.2, 0) is 19.1 Å². The van der Waals surface area contributed by atoms with Crippen LogP contribution in [-0.4, -0.2) is 47.4 Å². The largest absolute Gasteiger partial charge is 0.466 e.